The van der Waals surface area contributed by atoms with E-state index in [0.717, 1.165) is 16.0 Å². The molecule has 2 amide bonds. The van der Waals surface area contributed by atoms with E-state index in [9.17, 15) is 14.7 Å². The second-order valence-corrected chi connectivity index (χ2v) is 6.39. The smallest absolute Gasteiger partial charge is 0.309 e. The molecule has 23 heavy (non-hydrogen) atoms. The standard InChI is InChI=1S/C16H17ClN2O3S/c1-10-6-7-23-14(10)13(20)9-19-16(22)15(21)18-8-11-2-4-12(17)5-3-11/h2-7,13,20H,8-9H2,1H3,(H,18,21)(H,19,22). The van der Waals surface area contributed by atoms with Crippen molar-refractivity contribution in [1.29, 1.82) is 0 Å². The number of thiophene rings is 1. The number of benzene rings is 1. The first kappa shape index (κ1) is 17.5. The number of carbonyl (C=O) groups is 2. The van der Waals surface area contributed by atoms with Crippen molar-refractivity contribution in [2.75, 3.05) is 6.54 Å². The van der Waals surface area contributed by atoms with Crippen molar-refractivity contribution in [3.05, 3.63) is 56.7 Å². The third-order valence-corrected chi connectivity index (χ3v) is 4.61. The van der Waals surface area contributed by atoms with Crippen LogP contribution >= 0.6 is 22.9 Å². The molecule has 122 valence electrons. The van der Waals surface area contributed by atoms with Crippen LogP contribution in [0.25, 0.3) is 0 Å². The van der Waals surface area contributed by atoms with Gasteiger partial charge in [0.15, 0.2) is 0 Å². The number of halogens is 1. The van der Waals surface area contributed by atoms with E-state index < -0.39 is 17.9 Å². The van der Waals surface area contributed by atoms with E-state index in [1.54, 1.807) is 24.3 Å². The Balaban J connectivity index is 1.77. The molecule has 0 bridgehead atoms. The number of aliphatic hydroxyl groups is 1. The van der Waals surface area contributed by atoms with E-state index >= 15 is 0 Å². The minimum Gasteiger partial charge on any atom is -0.386 e. The molecular weight excluding hydrogens is 336 g/mol. The van der Waals surface area contributed by atoms with Gasteiger partial charge in [0, 0.05) is 23.0 Å². The Labute approximate surface area is 143 Å². The first-order chi connectivity index (χ1) is 11.0. The van der Waals surface area contributed by atoms with Crippen LogP contribution in [0, 0.1) is 6.92 Å². The Kier molecular flexibility index (Phi) is 6.15. The molecule has 0 spiro atoms. The van der Waals surface area contributed by atoms with Crippen LogP contribution in [0.15, 0.2) is 35.7 Å². The van der Waals surface area contributed by atoms with Crippen molar-refractivity contribution in [2.45, 2.75) is 19.6 Å². The molecule has 0 saturated carbocycles. The maximum Gasteiger partial charge on any atom is 0.309 e. The van der Waals surface area contributed by atoms with Crippen LogP contribution in [0.4, 0.5) is 0 Å². The molecule has 0 aliphatic rings. The van der Waals surface area contributed by atoms with Crippen LogP contribution in [0.3, 0.4) is 0 Å². The number of amides is 2. The fourth-order valence-corrected chi connectivity index (χ4v) is 2.99. The highest BCUT2D eigenvalue weighted by Gasteiger charge is 2.17. The number of rotatable bonds is 5. The molecule has 2 aromatic rings. The van der Waals surface area contributed by atoms with Gasteiger partial charge in [0.2, 0.25) is 0 Å². The summed E-state index contributed by atoms with van der Waals surface area (Å²) < 4.78 is 0. The Morgan fingerprint density at radius 2 is 1.83 bits per heavy atom. The van der Waals surface area contributed by atoms with Crippen LogP contribution < -0.4 is 10.6 Å². The fraction of sp³-hybridized carbons (Fsp3) is 0.250. The zero-order valence-corrected chi connectivity index (χ0v) is 14.1. The van der Waals surface area contributed by atoms with Crippen LogP contribution in [0.5, 0.6) is 0 Å². The van der Waals surface area contributed by atoms with E-state index in [1.165, 1.54) is 11.3 Å². The van der Waals surface area contributed by atoms with E-state index in [-0.39, 0.29) is 13.1 Å². The third kappa shape index (κ3) is 5.06. The zero-order valence-electron chi connectivity index (χ0n) is 12.5. The van der Waals surface area contributed by atoms with Gasteiger partial charge in [0.25, 0.3) is 0 Å². The minimum absolute atomic E-state index is 0.00541. The topological polar surface area (TPSA) is 78.4 Å². The molecule has 0 aliphatic heterocycles. The van der Waals surface area contributed by atoms with Gasteiger partial charge >= 0.3 is 11.8 Å². The number of aliphatic hydroxyl groups excluding tert-OH is 1. The lowest BCUT2D eigenvalue weighted by Crippen LogP contribution is -2.41. The van der Waals surface area contributed by atoms with Crippen molar-refractivity contribution in [1.82, 2.24) is 10.6 Å². The summed E-state index contributed by atoms with van der Waals surface area (Å²) in [7, 11) is 0. The van der Waals surface area contributed by atoms with E-state index in [0.29, 0.717) is 5.02 Å². The molecule has 1 aromatic carbocycles. The Morgan fingerprint density at radius 1 is 1.17 bits per heavy atom. The number of nitrogens with one attached hydrogen (secondary N) is 2. The van der Waals surface area contributed by atoms with Gasteiger partial charge in [-0.1, -0.05) is 23.7 Å². The van der Waals surface area contributed by atoms with Gasteiger partial charge in [-0.25, -0.2) is 0 Å². The molecule has 7 heteroatoms. The highest BCUT2D eigenvalue weighted by atomic mass is 35.5. The van der Waals surface area contributed by atoms with Crippen molar-refractivity contribution in [3.8, 4) is 0 Å². The molecule has 1 unspecified atom stereocenters. The normalized spacial score (nSPS) is 11.8. The SMILES string of the molecule is Cc1ccsc1C(O)CNC(=O)C(=O)NCc1ccc(Cl)cc1. The summed E-state index contributed by atoms with van der Waals surface area (Å²) >= 11 is 7.19. The van der Waals surface area contributed by atoms with Gasteiger partial charge in [-0.2, -0.15) is 0 Å². The quantitative estimate of drug-likeness (QED) is 0.722. The molecule has 1 atom stereocenters. The van der Waals surface area contributed by atoms with Crippen molar-refractivity contribution < 1.29 is 14.7 Å². The van der Waals surface area contributed by atoms with E-state index in [4.69, 9.17) is 11.6 Å². The molecule has 3 N–H and O–H groups in total. The summed E-state index contributed by atoms with van der Waals surface area (Å²) in [6, 6.07) is 8.85. The lowest BCUT2D eigenvalue weighted by Gasteiger charge is -2.11. The van der Waals surface area contributed by atoms with Gasteiger partial charge in [-0.3, -0.25) is 9.59 Å². The predicted molar refractivity (Wildman–Crippen MR) is 90.3 cm³/mol. The van der Waals surface area contributed by atoms with Crippen molar-refractivity contribution in [3.63, 3.8) is 0 Å². The molecular formula is C16H17ClN2O3S. The van der Waals surface area contributed by atoms with Crippen LogP contribution in [-0.2, 0) is 16.1 Å². The van der Waals surface area contributed by atoms with E-state index in [2.05, 4.69) is 10.6 Å². The summed E-state index contributed by atoms with van der Waals surface area (Å²) in [6.07, 6.45) is -0.817. The fourth-order valence-electron chi connectivity index (χ4n) is 1.95. The molecule has 0 aliphatic carbocycles. The molecule has 2 rings (SSSR count). The van der Waals surface area contributed by atoms with Gasteiger partial charge < -0.3 is 15.7 Å². The van der Waals surface area contributed by atoms with Gasteiger partial charge in [-0.05, 0) is 41.6 Å². The van der Waals surface area contributed by atoms with Gasteiger partial charge in [0.1, 0.15) is 6.10 Å². The minimum atomic E-state index is -0.817. The average molecular weight is 353 g/mol. The average Bonchev–Trinajstić information content (AvgIpc) is 2.97. The van der Waals surface area contributed by atoms with Crippen LogP contribution in [-0.4, -0.2) is 23.5 Å². The highest BCUT2D eigenvalue weighted by molar-refractivity contribution is 7.10. The monoisotopic (exact) mass is 352 g/mol. The largest absolute Gasteiger partial charge is 0.386 e. The van der Waals surface area contributed by atoms with Gasteiger partial charge in [0.05, 0.1) is 0 Å². The zero-order chi connectivity index (χ0) is 16.8. The lowest BCUT2D eigenvalue weighted by molar-refractivity contribution is -0.139. The lowest BCUT2D eigenvalue weighted by atomic mass is 10.2. The third-order valence-electron chi connectivity index (χ3n) is 3.23. The van der Waals surface area contributed by atoms with Crippen molar-refractivity contribution >= 4 is 34.8 Å². The molecule has 5 nitrogen and oxygen atoms in total. The Hall–Kier alpha value is -1.89. The number of carbonyl (C=O) groups excluding carboxylic acids is 2. The van der Waals surface area contributed by atoms with Crippen LogP contribution in [0.2, 0.25) is 5.02 Å². The van der Waals surface area contributed by atoms with Gasteiger partial charge in [-0.15, -0.1) is 11.3 Å². The first-order valence-corrected chi connectivity index (χ1v) is 8.25. The van der Waals surface area contributed by atoms with Crippen LogP contribution in [0.1, 0.15) is 22.1 Å². The number of hydrogen-bond donors (Lipinski definition) is 3. The Morgan fingerprint density at radius 3 is 2.43 bits per heavy atom. The maximum atomic E-state index is 11.7. The summed E-state index contributed by atoms with van der Waals surface area (Å²) in [5, 5.41) is 17.4. The second-order valence-electron chi connectivity index (χ2n) is 5.00. The summed E-state index contributed by atoms with van der Waals surface area (Å²) in [5.74, 6) is -1.51. The maximum absolute atomic E-state index is 11.7. The number of hydrogen-bond acceptors (Lipinski definition) is 4. The molecule has 0 radical (unpaired) electrons. The molecule has 0 saturated heterocycles. The van der Waals surface area contributed by atoms with E-state index in [1.807, 2.05) is 18.4 Å². The number of aryl methyl sites for hydroxylation is 1. The molecule has 1 heterocycles. The second kappa shape index (κ2) is 8.10. The summed E-state index contributed by atoms with van der Waals surface area (Å²) in [4.78, 5) is 24.2. The highest BCUT2D eigenvalue weighted by Crippen LogP contribution is 2.22. The summed E-state index contributed by atoms with van der Waals surface area (Å²) in [6.45, 7) is 2.11. The van der Waals surface area contributed by atoms with Crippen molar-refractivity contribution in [2.24, 2.45) is 0 Å². The predicted octanol–water partition coefficient (Wildman–Crippen LogP) is 2.18. The molecule has 0 fully saturated rings. The molecule has 1 aromatic heterocycles. The summed E-state index contributed by atoms with van der Waals surface area (Å²) in [5.41, 5.74) is 1.80. The Bertz CT molecular complexity index is 685. The first-order valence-electron chi connectivity index (χ1n) is 7.00.